The zero-order valence-electron chi connectivity index (χ0n) is 7.57. The van der Waals surface area contributed by atoms with E-state index in [2.05, 4.69) is 0 Å². The first-order chi connectivity index (χ1) is 6.09. The summed E-state index contributed by atoms with van der Waals surface area (Å²) in [6.07, 6.45) is 0.882. The number of nitrogens with zero attached hydrogens (tertiary/aromatic N) is 1. The SMILES string of the molecule is CC(O)(O)N1CCc2ccccc21. The molecular formula is C10H13NO2. The van der Waals surface area contributed by atoms with Gasteiger partial charge in [-0.25, -0.2) is 0 Å². The summed E-state index contributed by atoms with van der Waals surface area (Å²) in [5, 5.41) is 18.9. The monoisotopic (exact) mass is 179 g/mol. The van der Waals surface area contributed by atoms with Gasteiger partial charge >= 0.3 is 0 Å². The summed E-state index contributed by atoms with van der Waals surface area (Å²) in [4.78, 5) is 1.60. The standard InChI is InChI=1S/C10H13NO2/c1-10(12,13)11-7-6-8-4-2-3-5-9(8)11/h2-5,12-13H,6-7H2,1H3. The van der Waals surface area contributed by atoms with Crippen molar-refractivity contribution in [2.75, 3.05) is 11.4 Å². The summed E-state index contributed by atoms with van der Waals surface area (Å²) in [6, 6.07) is 7.80. The molecule has 0 aromatic heterocycles. The lowest BCUT2D eigenvalue weighted by atomic mass is 10.2. The van der Waals surface area contributed by atoms with E-state index in [0.29, 0.717) is 6.54 Å². The number of aliphatic hydroxyl groups is 2. The molecular weight excluding hydrogens is 166 g/mol. The second-order valence-electron chi connectivity index (χ2n) is 3.50. The normalized spacial score (nSPS) is 16.1. The fraction of sp³-hybridized carbons (Fsp3) is 0.400. The summed E-state index contributed by atoms with van der Waals surface area (Å²) in [7, 11) is 0. The molecule has 1 aromatic rings. The van der Waals surface area contributed by atoms with E-state index in [-0.39, 0.29) is 0 Å². The second-order valence-corrected chi connectivity index (χ2v) is 3.50. The van der Waals surface area contributed by atoms with Crippen LogP contribution in [-0.4, -0.2) is 22.7 Å². The summed E-state index contributed by atoms with van der Waals surface area (Å²) in [5.74, 6) is -1.74. The molecule has 0 radical (unpaired) electrons. The van der Waals surface area contributed by atoms with Gasteiger partial charge in [0.2, 0.25) is 5.91 Å². The lowest BCUT2D eigenvalue weighted by molar-refractivity contribution is -0.143. The average molecular weight is 179 g/mol. The highest BCUT2D eigenvalue weighted by molar-refractivity contribution is 5.58. The summed E-state index contributed by atoms with van der Waals surface area (Å²) in [6.45, 7) is 2.05. The van der Waals surface area contributed by atoms with Gasteiger partial charge in [0.1, 0.15) is 0 Å². The minimum Gasteiger partial charge on any atom is -0.349 e. The molecule has 0 fully saturated rings. The van der Waals surface area contributed by atoms with Gasteiger partial charge in [0.15, 0.2) is 0 Å². The van der Waals surface area contributed by atoms with Crippen LogP contribution in [0.1, 0.15) is 12.5 Å². The Morgan fingerprint density at radius 3 is 2.69 bits per heavy atom. The largest absolute Gasteiger partial charge is 0.349 e. The van der Waals surface area contributed by atoms with Crippen LogP contribution in [0.5, 0.6) is 0 Å². The number of benzene rings is 1. The number of hydrogen-bond acceptors (Lipinski definition) is 3. The van der Waals surface area contributed by atoms with E-state index in [1.165, 1.54) is 12.5 Å². The van der Waals surface area contributed by atoms with E-state index >= 15 is 0 Å². The molecule has 0 saturated carbocycles. The molecule has 0 spiro atoms. The van der Waals surface area contributed by atoms with Crippen molar-refractivity contribution in [2.45, 2.75) is 19.3 Å². The number of fused-ring (bicyclic) bond motifs is 1. The van der Waals surface area contributed by atoms with Crippen molar-refractivity contribution in [1.82, 2.24) is 0 Å². The van der Waals surface area contributed by atoms with Gasteiger partial charge in [-0.15, -0.1) is 0 Å². The Kier molecular flexibility index (Phi) is 1.78. The van der Waals surface area contributed by atoms with Crippen molar-refractivity contribution in [2.24, 2.45) is 0 Å². The molecule has 0 atom stereocenters. The van der Waals surface area contributed by atoms with Gasteiger partial charge in [-0.3, -0.25) is 0 Å². The smallest absolute Gasteiger partial charge is 0.243 e. The minimum atomic E-state index is -1.74. The molecule has 3 heteroatoms. The summed E-state index contributed by atoms with van der Waals surface area (Å²) < 4.78 is 0. The van der Waals surface area contributed by atoms with Crippen LogP contribution < -0.4 is 4.90 Å². The lowest BCUT2D eigenvalue weighted by Gasteiger charge is -2.30. The maximum Gasteiger partial charge on any atom is 0.243 e. The molecule has 0 bridgehead atoms. The van der Waals surface area contributed by atoms with Crippen LogP contribution >= 0.6 is 0 Å². The molecule has 2 rings (SSSR count). The fourth-order valence-electron chi connectivity index (χ4n) is 1.78. The van der Waals surface area contributed by atoms with Gasteiger partial charge in [-0.2, -0.15) is 0 Å². The van der Waals surface area contributed by atoms with Crippen molar-refractivity contribution in [3.05, 3.63) is 29.8 Å². The Morgan fingerprint density at radius 1 is 1.31 bits per heavy atom. The predicted molar refractivity (Wildman–Crippen MR) is 50.3 cm³/mol. The molecule has 0 unspecified atom stereocenters. The first-order valence-electron chi connectivity index (χ1n) is 4.39. The first-order valence-corrected chi connectivity index (χ1v) is 4.39. The van der Waals surface area contributed by atoms with Crippen molar-refractivity contribution in [3.63, 3.8) is 0 Å². The third-order valence-corrected chi connectivity index (χ3v) is 2.40. The number of hydrogen-bond donors (Lipinski definition) is 2. The van der Waals surface area contributed by atoms with Gasteiger partial charge in [-0.1, -0.05) is 18.2 Å². The Labute approximate surface area is 77.2 Å². The van der Waals surface area contributed by atoms with Crippen LogP contribution in [0.4, 0.5) is 5.69 Å². The highest BCUT2D eigenvalue weighted by Crippen LogP contribution is 2.31. The Morgan fingerprint density at radius 2 is 2.00 bits per heavy atom. The molecule has 1 aliphatic rings. The van der Waals surface area contributed by atoms with E-state index < -0.39 is 5.91 Å². The topological polar surface area (TPSA) is 43.7 Å². The molecule has 1 aliphatic heterocycles. The highest BCUT2D eigenvalue weighted by atomic mass is 16.5. The fourth-order valence-corrected chi connectivity index (χ4v) is 1.78. The average Bonchev–Trinajstić information content (AvgIpc) is 2.45. The zero-order valence-corrected chi connectivity index (χ0v) is 7.57. The van der Waals surface area contributed by atoms with Gasteiger partial charge < -0.3 is 15.1 Å². The first kappa shape index (κ1) is 8.53. The Hall–Kier alpha value is -1.06. The molecule has 1 aromatic carbocycles. The van der Waals surface area contributed by atoms with Crippen LogP contribution in [0.15, 0.2) is 24.3 Å². The van der Waals surface area contributed by atoms with E-state index in [0.717, 1.165) is 12.1 Å². The molecule has 0 saturated heterocycles. The Bertz CT molecular complexity index is 317. The van der Waals surface area contributed by atoms with Crippen LogP contribution in [0, 0.1) is 0 Å². The minimum absolute atomic E-state index is 0.669. The third-order valence-electron chi connectivity index (χ3n) is 2.40. The highest BCUT2D eigenvalue weighted by Gasteiger charge is 2.31. The van der Waals surface area contributed by atoms with Crippen LogP contribution in [0.25, 0.3) is 0 Å². The third kappa shape index (κ3) is 1.41. The molecule has 13 heavy (non-hydrogen) atoms. The summed E-state index contributed by atoms with van der Waals surface area (Å²) >= 11 is 0. The number of para-hydroxylation sites is 1. The quantitative estimate of drug-likeness (QED) is 0.624. The van der Waals surface area contributed by atoms with E-state index in [9.17, 15) is 10.2 Å². The van der Waals surface area contributed by atoms with E-state index in [4.69, 9.17) is 0 Å². The van der Waals surface area contributed by atoms with Crippen LogP contribution in [0.2, 0.25) is 0 Å². The molecule has 3 nitrogen and oxygen atoms in total. The van der Waals surface area contributed by atoms with Crippen LogP contribution in [0.3, 0.4) is 0 Å². The zero-order chi connectivity index (χ0) is 9.47. The second kappa shape index (κ2) is 2.72. The van der Waals surface area contributed by atoms with Crippen molar-refractivity contribution >= 4 is 5.69 Å². The van der Waals surface area contributed by atoms with E-state index in [1.54, 1.807) is 4.90 Å². The number of anilines is 1. The van der Waals surface area contributed by atoms with Crippen LogP contribution in [-0.2, 0) is 6.42 Å². The predicted octanol–water partition coefficient (Wildman–Crippen LogP) is 0.707. The lowest BCUT2D eigenvalue weighted by Crippen LogP contribution is -2.45. The van der Waals surface area contributed by atoms with Gasteiger partial charge in [0.05, 0.1) is 0 Å². The molecule has 2 N–H and O–H groups in total. The van der Waals surface area contributed by atoms with Gasteiger partial charge in [0, 0.05) is 19.2 Å². The van der Waals surface area contributed by atoms with Crippen molar-refractivity contribution in [1.29, 1.82) is 0 Å². The van der Waals surface area contributed by atoms with Gasteiger partial charge in [0.25, 0.3) is 0 Å². The summed E-state index contributed by atoms with van der Waals surface area (Å²) in [5.41, 5.74) is 2.10. The Balaban J connectivity index is 2.39. The van der Waals surface area contributed by atoms with Crippen molar-refractivity contribution < 1.29 is 10.2 Å². The molecule has 1 heterocycles. The number of rotatable bonds is 1. The van der Waals surface area contributed by atoms with E-state index in [1.807, 2.05) is 24.3 Å². The molecule has 0 aliphatic carbocycles. The van der Waals surface area contributed by atoms with Crippen molar-refractivity contribution in [3.8, 4) is 0 Å². The molecule has 0 amide bonds. The maximum absolute atomic E-state index is 9.45. The van der Waals surface area contributed by atoms with Gasteiger partial charge in [-0.05, 0) is 18.1 Å². The maximum atomic E-state index is 9.45. The molecule has 70 valence electrons.